The highest BCUT2D eigenvalue weighted by molar-refractivity contribution is 6.10. The summed E-state index contributed by atoms with van der Waals surface area (Å²) in [5, 5.41) is 17.4. The van der Waals surface area contributed by atoms with Gasteiger partial charge < -0.3 is 4.74 Å². The van der Waals surface area contributed by atoms with E-state index >= 15 is 0 Å². The third-order valence-corrected chi connectivity index (χ3v) is 5.65. The van der Waals surface area contributed by atoms with Crippen LogP contribution in [0.15, 0.2) is 41.5 Å². The molecule has 0 N–H and O–H groups in total. The fourth-order valence-electron chi connectivity index (χ4n) is 4.32. The number of hydrogen-bond acceptors (Lipinski definition) is 5. The zero-order valence-electron chi connectivity index (χ0n) is 14.3. The molecule has 0 unspecified atom stereocenters. The second-order valence-electron chi connectivity index (χ2n) is 6.93. The van der Waals surface area contributed by atoms with Gasteiger partial charge in [-0.2, -0.15) is 20.5 Å². The normalized spacial score (nSPS) is 26.6. The molecule has 1 aromatic carbocycles. The number of rotatable bonds is 2. The average molecular weight is 332 g/mol. The van der Waals surface area contributed by atoms with E-state index in [0.717, 1.165) is 54.6 Å². The van der Waals surface area contributed by atoms with Crippen LogP contribution in [0, 0.1) is 16.9 Å². The van der Waals surface area contributed by atoms with Crippen LogP contribution in [0.5, 0.6) is 0 Å². The second kappa shape index (κ2) is 6.38. The number of nitrogens with zero attached hydrogens (tertiary/aromatic N) is 4. The molecule has 1 saturated carbocycles. The van der Waals surface area contributed by atoms with Gasteiger partial charge in [0, 0.05) is 29.8 Å². The van der Waals surface area contributed by atoms with Crippen molar-refractivity contribution in [3.05, 3.63) is 47.7 Å². The van der Waals surface area contributed by atoms with E-state index in [9.17, 15) is 5.26 Å². The van der Waals surface area contributed by atoms with Crippen molar-refractivity contribution in [2.24, 2.45) is 10.4 Å². The van der Waals surface area contributed by atoms with Crippen LogP contribution >= 0.6 is 0 Å². The summed E-state index contributed by atoms with van der Waals surface area (Å²) in [4.78, 5) is 4.27. The number of aliphatic imine (C=N–C) groups is 1. The molecule has 0 saturated heterocycles. The quantitative estimate of drug-likeness (QED) is 0.789. The third kappa shape index (κ3) is 2.73. The summed E-state index contributed by atoms with van der Waals surface area (Å²) in [6.45, 7) is 0. The molecule has 4 rings (SSSR count). The van der Waals surface area contributed by atoms with Crippen molar-refractivity contribution in [2.75, 3.05) is 7.11 Å². The first-order valence-electron chi connectivity index (χ1n) is 8.67. The molecule has 2 aromatic rings. The van der Waals surface area contributed by atoms with E-state index < -0.39 is 0 Å². The molecule has 0 amide bonds. The minimum atomic E-state index is -0.0198. The minimum absolute atomic E-state index is 0.0198. The topological polar surface area (TPSA) is 71.2 Å². The first kappa shape index (κ1) is 15.9. The monoisotopic (exact) mass is 332 g/mol. The van der Waals surface area contributed by atoms with Gasteiger partial charge in [-0.1, -0.05) is 12.1 Å². The van der Waals surface area contributed by atoms with Gasteiger partial charge in [-0.05, 0) is 55.9 Å². The fraction of sp³-hybridized carbons (Fsp3) is 0.400. The number of fused-ring (bicyclic) bond motifs is 1. The maximum absolute atomic E-state index is 9.27. The third-order valence-electron chi connectivity index (χ3n) is 5.65. The Kier molecular flexibility index (Phi) is 4.06. The molecule has 25 heavy (non-hydrogen) atoms. The number of hydrogen-bond donors (Lipinski definition) is 0. The van der Waals surface area contributed by atoms with Crippen LogP contribution in [0.25, 0.3) is 11.3 Å². The lowest BCUT2D eigenvalue weighted by atomic mass is 9.70. The van der Waals surface area contributed by atoms with Crippen LogP contribution in [-0.4, -0.2) is 29.1 Å². The van der Waals surface area contributed by atoms with Crippen LogP contribution in [-0.2, 0) is 11.2 Å². The van der Waals surface area contributed by atoms with E-state index in [-0.39, 0.29) is 5.41 Å². The van der Waals surface area contributed by atoms with E-state index in [4.69, 9.17) is 4.74 Å². The van der Waals surface area contributed by atoms with E-state index in [1.165, 1.54) is 5.56 Å². The molecule has 0 radical (unpaired) electrons. The molecule has 1 spiro atoms. The van der Waals surface area contributed by atoms with Gasteiger partial charge >= 0.3 is 0 Å². The maximum Gasteiger partial charge on any atom is 0.205 e. The largest absolute Gasteiger partial charge is 0.381 e. The fourth-order valence-corrected chi connectivity index (χ4v) is 4.32. The van der Waals surface area contributed by atoms with Gasteiger partial charge in [0.2, 0.25) is 6.19 Å². The Bertz CT molecular complexity index is 846. The first-order chi connectivity index (χ1) is 12.3. The first-order valence-corrected chi connectivity index (χ1v) is 8.67. The Morgan fingerprint density at radius 1 is 1.28 bits per heavy atom. The van der Waals surface area contributed by atoms with Gasteiger partial charge in [0.25, 0.3) is 0 Å². The van der Waals surface area contributed by atoms with Crippen LogP contribution in [0.2, 0.25) is 0 Å². The zero-order chi connectivity index (χ0) is 17.3. The van der Waals surface area contributed by atoms with E-state index in [2.05, 4.69) is 33.4 Å². The van der Waals surface area contributed by atoms with Crippen molar-refractivity contribution < 1.29 is 4.74 Å². The molecule has 2 aliphatic rings. The molecule has 5 nitrogen and oxygen atoms in total. The Hall–Kier alpha value is -2.58. The van der Waals surface area contributed by atoms with Crippen LogP contribution < -0.4 is 0 Å². The SMILES string of the molecule is COC1CCC2(CC1)Cc1ccc(-c3cccnn3)cc1/C2=N/C#N. The van der Waals surface area contributed by atoms with Crippen LogP contribution in [0.1, 0.15) is 36.8 Å². The maximum atomic E-state index is 9.27. The lowest BCUT2D eigenvalue weighted by molar-refractivity contribution is 0.0468. The minimum Gasteiger partial charge on any atom is -0.381 e. The van der Waals surface area contributed by atoms with Crippen molar-refractivity contribution >= 4 is 5.71 Å². The highest BCUT2D eigenvalue weighted by Crippen LogP contribution is 2.48. The molecule has 1 fully saturated rings. The Labute approximate surface area is 147 Å². The number of methoxy groups -OCH3 is 1. The Balaban J connectivity index is 1.74. The summed E-state index contributed by atoms with van der Waals surface area (Å²) in [7, 11) is 1.78. The molecule has 5 heteroatoms. The number of ether oxygens (including phenoxy) is 1. The number of benzene rings is 1. The summed E-state index contributed by atoms with van der Waals surface area (Å²) in [5.74, 6) is 0. The van der Waals surface area contributed by atoms with Crippen LogP contribution in [0.3, 0.4) is 0 Å². The lowest BCUT2D eigenvalue weighted by Gasteiger charge is -2.36. The standard InChI is InChI=1S/C20H20N4O/c1-25-16-6-8-20(9-7-16)12-15-5-4-14(18-3-2-10-23-24-18)11-17(15)19(20)22-13-21/h2-5,10-11,16H,6-9,12H2,1H3/b22-19-. The van der Waals surface area contributed by atoms with Crippen molar-refractivity contribution in [3.8, 4) is 17.5 Å². The van der Waals surface area contributed by atoms with Gasteiger partial charge in [0.05, 0.1) is 17.5 Å². The van der Waals surface area contributed by atoms with Crippen molar-refractivity contribution in [1.29, 1.82) is 5.26 Å². The van der Waals surface area contributed by atoms with Gasteiger partial charge in [-0.3, -0.25) is 0 Å². The van der Waals surface area contributed by atoms with E-state index in [0.29, 0.717) is 6.10 Å². The van der Waals surface area contributed by atoms with Crippen LogP contribution in [0.4, 0.5) is 0 Å². The predicted molar refractivity (Wildman–Crippen MR) is 95.0 cm³/mol. The molecular weight excluding hydrogens is 312 g/mol. The summed E-state index contributed by atoms with van der Waals surface area (Å²) in [6.07, 6.45) is 9.06. The molecule has 0 bridgehead atoms. The van der Waals surface area contributed by atoms with Crippen molar-refractivity contribution in [1.82, 2.24) is 10.2 Å². The summed E-state index contributed by atoms with van der Waals surface area (Å²) >= 11 is 0. The highest BCUT2D eigenvalue weighted by Gasteiger charge is 2.45. The highest BCUT2D eigenvalue weighted by atomic mass is 16.5. The molecule has 1 heterocycles. The smallest absolute Gasteiger partial charge is 0.205 e. The van der Waals surface area contributed by atoms with Gasteiger partial charge in [0.15, 0.2) is 0 Å². The van der Waals surface area contributed by atoms with Crippen molar-refractivity contribution in [2.45, 2.75) is 38.2 Å². The van der Waals surface area contributed by atoms with Crippen molar-refractivity contribution in [3.63, 3.8) is 0 Å². The summed E-state index contributed by atoms with van der Waals surface area (Å²) in [5.41, 5.74) is 5.16. The van der Waals surface area contributed by atoms with E-state index in [1.807, 2.05) is 18.3 Å². The molecule has 126 valence electrons. The van der Waals surface area contributed by atoms with E-state index in [1.54, 1.807) is 13.3 Å². The average Bonchev–Trinajstić information content (AvgIpc) is 2.96. The predicted octanol–water partition coefficient (Wildman–Crippen LogP) is 3.55. The molecule has 0 aliphatic heterocycles. The summed E-state index contributed by atoms with van der Waals surface area (Å²) in [6, 6.07) is 10.2. The lowest BCUT2D eigenvalue weighted by Crippen LogP contribution is -2.35. The molecule has 0 atom stereocenters. The Morgan fingerprint density at radius 3 is 2.80 bits per heavy atom. The second-order valence-corrected chi connectivity index (χ2v) is 6.93. The summed E-state index contributed by atoms with van der Waals surface area (Å²) < 4.78 is 5.52. The van der Waals surface area contributed by atoms with Gasteiger partial charge in [-0.15, -0.1) is 0 Å². The molecule has 1 aromatic heterocycles. The Morgan fingerprint density at radius 2 is 2.12 bits per heavy atom. The van der Waals surface area contributed by atoms with Gasteiger partial charge in [0.1, 0.15) is 0 Å². The zero-order valence-corrected chi connectivity index (χ0v) is 14.3. The van der Waals surface area contributed by atoms with Gasteiger partial charge in [-0.25, -0.2) is 0 Å². The molecule has 2 aliphatic carbocycles. The molecular formula is C20H20N4O. The number of nitriles is 1. The number of aromatic nitrogens is 2.